The van der Waals surface area contributed by atoms with Crippen molar-refractivity contribution in [3.05, 3.63) is 11.6 Å². The molecular weight excluding hydrogens is 291 g/mol. The Bertz CT molecular complexity index is 448. The van der Waals surface area contributed by atoms with Crippen LogP contribution in [0.5, 0.6) is 0 Å². The van der Waals surface area contributed by atoms with Gasteiger partial charge in [-0.2, -0.15) is 24.9 Å². The number of hydrogen-bond acceptors (Lipinski definition) is 5. The number of nitrogens with zero attached hydrogens (tertiary/aromatic N) is 4. The SMILES string of the molecule is CSCCC(CN)N1CCn2c(nnc2C(F)(F)F)C1. The predicted molar refractivity (Wildman–Crippen MR) is 71.3 cm³/mol. The summed E-state index contributed by atoms with van der Waals surface area (Å²) in [5.74, 6) is 0.450. The highest BCUT2D eigenvalue weighted by Crippen LogP contribution is 2.29. The fraction of sp³-hybridized carbons (Fsp3) is 0.818. The van der Waals surface area contributed by atoms with Crippen LogP contribution in [0.15, 0.2) is 0 Å². The minimum Gasteiger partial charge on any atom is -0.329 e. The van der Waals surface area contributed by atoms with Gasteiger partial charge in [0.25, 0.3) is 0 Å². The van der Waals surface area contributed by atoms with Crippen LogP contribution in [0.4, 0.5) is 13.2 Å². The zero-order valence-electron chi connectivity index (χ0n) is 11.2. The first kappa shape index (κ1) is 15.6. The molecule has 9 heteroatoms. The van der Waals surface area contributed by atoms with Crippen LogP contribution in [0, 0.1) is 0 Å². The van der Waals surface area contributed by atoms with Gasteiger partial charge >= 0.3 is 6.18 Å². The molecule has 1 atom stereocenters. The molecule has 0 aromatic carbocycles. The van der Waals surface area contributed by atoms with Crippen LogP contribution in [0.2, 0.25) is 0 Å². The smallest absolute Gasteiger partial charge is 0.329 e. The molecule has 1 aromatic heterocycles. The molecule has 0 saturated heterocycles. The number of hydrogen-bond donors (Lipinski definition) is 1. The van der Waals surface area contributed by atoms with Crippen molar-refractivity contribution in [2.75, 3.05) is 25.1 Å². The third-order valence-corrected chi connectivity index (χ3v) is 4.12. The molecule has 0 bridgehead atoms. The summed E-state index contributed by atoms with van der Waals surface area (Å²) in [4.78, 5) is 2.10. The summed E-state index contributed by atoms with van der Waals surface area (Å²) in [6.07, 6.45) is -1.49. The Balaban J connectivity index is 2.10. The molecular formula is C11H18F3N5S. The van der Waals surface area contributed by atoms with E-state index in [9.17, 15) is 13.2 Å². The van der Waals surface area contributed by atoms with Crippen molar-refractivity contribution in [3.8, 4) is 0 Å². The van der Waals surface area contributed by atoms with Gasteiger partial charge in [0, 0.05) is 25.7 Å². The monoisotopic (exact) mass is 309 g/mol. The van der Waals surface area contributed by atoms with Crippen LogP contribution in [-0.4, -0.2) is 50.8 Å². The number of aromatic nitrogens is 3. The second-order valence-corrected chi connectivity index (χ2v) is 5.72. The predicted octanol–water partition coefficient (Wildman–Crippen LogP) is 1.19. The zero-order chi connectivity index (χ0) is 14.8. The maximum absolute atomic E-state index is 12.7. The summed E-state index contributed by atoms with van der Waals surface area (Å²) in [6, 6.07) is 0.183. The van der Waals surface area contributed by atoms with Gasteiger partial charge in [0.2, 0.25) is 5.82 Å². The Morgan fingerprint density at radius 2 is 2.10 bits per heavy atom. The summed E-state index contributed by atoms with van der Waals surface area (Å²) < 4.78 is 39.4. The lowest BCUT2D eigenvalue weighted by atomic mass is 10.1. The van der Waals surface area contributed by atoms with E-state index in [-0.39, 0.29) is 12.6 Å². The van der Waals surface area contributed by atoms with Crippen LogP contribution in [0.1, 0.15) is 18.1 Å². The van der Waals surface area contributed by atoms with E-state index in [4.69, 9.17) is 5.73 Å². The molecule has 0 fully saturated rings. The summed E-state index contributed by atoms with van der Waals surface area (Å²) in [5.41, 5.74) is 5.77. The van der Waals surface area contributed by atoms with E-state index in [1.54, 1.807) is 11.8 Å². The van der Waals surface area contributed by atoms with Crippen LogP contribution in [0.25, 0.3) is 0 Å². The molecule has 1 aliphatic rings. The first-order valence-electron chi connectivity index (χ1n) is 6.39. The highest BCUT2D eigenvalue weighted by atomic mass is 32.2. The van der Waals surface area contributed by atoms with Gasteiger partial charge in [-0.25, -0.2) is 0 Å². The Kier molecular flexibility index (Phi) is 4.92. The molecule has 0 radical (unpaired) electrons. The lowest BCUT2D eigenvalue weighted by Gasteiger charge is -2.34. The minimum absolute atomic E-state index is 0.183. The van der Waals surface area contributed by atoms with Crippen molar-refractivity contribution >= 4 is 11.8 Å². The van der Waals surface area contributed by atoms with E-state index < -0.39 is 12.0 Å². The zero-order valence-corrected chi connectivity index (χ0v) is 12.0. The molecule has 0 spiro atoms. The van der Waals surface area contributed by atoms with Gasteiger partial charge in [-0.05, 0) is 18.4 Å². The highest BCUT2D eigenvalue weighted by molar-refractivity contribution is 7.98. The summed E-state index contributed by atoms with van der Waals surface area (Å²) in [7, 11) is 0. The van der Waals surface area contributed by atoms with Crippen LogP contribution in [0.3, 0.4) is 0 Å². The average molecular weight is 309 g/mol. The second-order valence-electron chi connectivity index (χ2n) is 4.73. The van der Waals surface area contributed by atoms with E-state index in [1.165, 1.54) is 4.57 Å². The van der Waals surface area contributed by atoms with Crippen LogP contribution >= 0.6 is 11.8 Å². The number of rotatable bonds is 5. The Morgan fingerprint density at radius 3 is 2.70 bits per heavy atom. The van der Waals surface area contributed by atoms with E-state index >= 15 is 0 Å². The van der Waals surface area contributed by atoms with E-state index in [0.717, 1.165) is 12.2 Å². The molecule has 1 aliphatic heterocycles. The molecule has 20 heavy (non-hydrogen) atoms. The summed E-state index contributed by atoms with van der Waals surface area (Å²) in [6.45, 7) is 1.68. The molecule has 0 saturated carbocycles. The molecule has 0 aliphatic carbocycles. The normalized spacial score (nSPS) is 18.1. The molecule has 5 nitrogen and oxygen atoms in total. The van der Waals surface area contributed by atoms with Gasteiger partial charge in [-0.1, -0.05) is 0 Å². The molecule has 2 heterocycles. The second kappa shape index (κ2) is 6.31. The number of alkyl halides is 3. The maximum atomic E-state index is 12.7. The third kappa shape index (κ3) is 3.26. The van der Waals surface area contributed by atoms with Gasteiger partial charge < -0.3 is 10.3 Å². The van der Waals surface area contributed by atoms with Gasteiger partial charge in [-0.3, -0.25) is 4.90 Å². The number of halogens is 3. The van der Waals surface area contributed by atoms with E-state index in [1.807, 2.05) is 6.26 Å². The number of nitrogens with two attached hydrogens (primary N) is 1. The van der Waals surface area contributed by atoms with Crippen LogP contribution in [-0.2, 0) is 19.3 Å². The van der Waals surface area contributed by atoms with Crippen molar-refractivity contribution in [3.63, 3.8) is 0 Å². The van der Waals surface area contributed by atoms with Crippen molar-refractivity contribution < 1.29 is 13.2 Å². The molecule has 2 rings (SSSR count). The Labute approximate surface area is 119 Å². The number of fused-ring (bicyclic) bond motifs is 1. The Morgan fingerprint density at radius 1 is 1.35 bits per heavy atom. The quantitative estimate of drug-likeness (QED) is 0.885. The molecule has 2 N–H and O–H groups in total. The molecule has 1 aromatic rings. The summed E-state index contributed by atoms with van der Waals surface area (Å²) >= 11 is 1.74. The molecule has 114 valence electrons. The van der Waals surface area contributed by atoms with Crippen molar-refractivity contribution in [1.82, 2.24) is 19.7 Å². The lowest BCUT2D eigenvalue weighted by Crippen LogP contribution is -2.45. The lowest BCUT2D eigenvalue weighted by molar-refractivity contribution is -0.148. The van der Waals surface area contributed by atoms with Crippen molar-refractivity contribution in [2.24, 2.45) is 5.73 Å². The average Bonchev–Trinajstić information content (AvgIpc) is 2.82. The fourth-order valence-corrected chi connectivity index (χ4v) is 2.91. The maximum Gasteiger partial charge on any atom is 0.451 e. The first-order valence-corrected chi connectivity index (χ1v) is 7.79. The summed E-state index contributed by atoms with van der Waals surface area (Å²) in [5, 5.41) is 6.95. The fourth-order valence-electron chi connectivity index (χ4n) is 2.40. The van der Waals surface area contributed by atoms with Crippen molar-refractivity contribution in [2.45, 2.75) is 31.7 Å². The van der Waals surface area contributed by atoms with E-state index in [2.05, 4.69) is 15.1 Å². The topological polar surface area (TPSA) is 60.0 Å². The van der Waals surface area contributed by atoms with E-state index in [0.29, 0.717) is 25.5 Å². The van der Waals surface area contributed by atoms with Gasteiger partial charge in [0.05, 0.1) is 6.54 Å². The standard InChI is InChI=1S/C11H18F3N5S/c1-20-5-2-8(6-15)18-3-4-19-9(7-18)16-17-10(19)11(12,13)14/h8H,2-7,15H2,1H3. The van der Waals surface area contributed by atoms with Gasteiger partial charge in [0.1, 0.15) is 5.82 Å². The van der Waals surface area contributed by atoms with Crippen LogP contribution < -0.4 is 5.73 Å². The number of thioether (sulfide) groups is 1. The Hall–Kier alpha value is -0.800. The van der Waals surface area contributed by atoms with Gasteiger partial charge in [0.15, 0.2) is 0 Å². The van der Waals surface area contributed by atoms with Gasteiger partial charge in [-0.15, -0.1) is 10.2 Å². The largest absolute Gasteiger partial charge is 0.451 e. The van der Waals surface area contributed by atoms with Crippen molar-refractivity contribution in [1.29, 1.82) is 0 Å². The third-order valence-electron chi connectivity index (χ3n) is 3.48. The minimum atomic E-state index is -4.44. The molecule has 0 amide bonds. The molecule has 1 unspecified atom stereocenters. The highest BCUT2D eigenvalue weighted by Gasteiger charge is 2.39. The first-order chi connectivity index (χ1) is 9.47.